The zero-order valence-corrected chi connectivity index (χ0v) is 9.15. The van der Waals surface area contributed by atoms with Gasteiger partial charge in [-0.25, -0.2) is 0 Å². The van der Waals surface area contributed by atoms with Crippen molar-refractivity contribution in [1.82, 2.24) is 0 Å². The number of benzene rings is 1. The van der Waals surface area contributed by atoms with Crippen LogP contribution in [0.15, 0.2) is 42.7 Å². The highest BCUT2D eigenvalue weighted by atomic mass is 16.5. The Morgan fingerprint density at radius 1 is 1.40 bits per heavy atom. The van der Waals surface area contributed by atoms with Crippen LogP contribution in [-0.4, -0.2) is 11.2 Å². The van der Waals surface area contributed by atoms with Crippen LogP contribution in [0.1, 0.15) is 25.3 Å². The van der Waals surface area contributed by atoms with Gasteiger partial charge in [0.05, 0.1) is 11.9 Å². The lowest BCUT2D eigenvalue weighted by Crippen LogP contribution is -2.06. The van der Waals surface area contributed by atoms with Crippen LogP contribution in [0.4, 0.5) is 0 Å². The minimum absolute atomic E-state index is 0.340. The van der Waals surface area contributed by atoms with E-state index in [0.29, 0.717) is 18.8 Å². The molecular weight excluding hydrogens is 188 g/mol. The summed E-state index contributed by atoms with van der Waals surface area (Å²) in [5.74, 6) is 0.646. The second kappa shape index (κ2) is 6.25. The van der Waals surface area contributed by atoms with Crippen LogP contribution < -0.4 is 0 Å². The molecule has 2 nitrogen and oxygen atoms in total. The molecule has 0 saturated carbocycles. The highest BCUT2D eigenvalue weighted by molar-refractivity contribution is 5.13. The van der Waals surface area contributed by atoms with Crippen molar-refractivity contribution < 1.29 is 9.84 Å². The lowest BCUT2D eigenvalue weighted by Gasteiger charge is -2.12. The van der Waals surface area contributed by atoms with Crippen LogP contribution in [-0.2, 0) is 11.3 Å². The summed E-state index contributed by atoms with van der Waals surface area (Å²) in [6, 6.07) is 9.93. The second-order valence-corrected chi connectivity index (χ2v) is 3.58. The molecule has 1 rings (SSSR count). The van der Waals surface area contributed by atoms with Crippen LogP contribution >= 0.6 is 0 Å². The molecule has 15 heavy (non-hydrogen) atoms. The fourth-order valence-corrected chi connectivity index (χ4v) is 1.23. The van der Waals surface area contributed by atoms with E-state index in [4.69, 9.17) is 4.74 Å². The van der Waals surface area contributed by atoms with E-state index in [9.17, 15) is 5.11 Å². The molecule has 1 aromatic rings. The van der Waals surface area contributed by atoms with Gasteiger partial charge in [0, 0.05) is 6.42 Å². The number of aliphatic hydroxyl groups is 1. The fourth-order valence-electron chi connectivity index (χ4n) is 1.23. The normalized spacial score (nSPS) is 12.1. The van der Waals surface area contributed by atoms with Crippen molar-refractivity contribution in [2.24, 2.45) is 0 Å². The van der Waals surface area contributed by atoms with E-state index in [1.165, 1.54) is 0 Å². The summed E-state index contributed by atoms with van der Waals surface area (Å²) in [6.45, 7) is 6.24. The maximum absolute atomic E-state index is 9.38. The zero-order chi connectivity index (χ0) is 11.1. The quantitative estimate of drug-likeness (QED) is 0.725. The van der Waals surface area contributed by atoms with Crippen LogP contribution in [0.2, 0.25) is 0 Å². The van der Waals surface area contributed by atoms with Gasteiger partial charge in [-0.05, 0) is 12.0 Å². The molecule has 0 amide bonds. The van der Waals surface area contributed by atoms with Gasteiger partial charge in [-0.3, -0.25) is 0 Å². The maximum Gasteiger partial charge on any atom is 0.113 e. The Bertz CT molecular complexity index is 293. The molecule has 2 heteroatoms. The molecule has 1 aromatic carbocycles. The van der Waals surface area contributed by atoms with Crippen molar-refractivity contribution in [3.63, 3.8) is 0 Å². The number of rotatable bonds is 6. The Labute approximate surface area is 91.2 Å². The third-order valence-corrected chi connectivity index (χ3v) is 2.22. The molecule has 0 spiro atoms. The first-order chi connectivity index (χ1) is 7.22. The van der Waals surface area contributed by atoms with E-state index in [0.717, 1.165) is 12.0 Å². The van der Waals surface area contributed by atoms with Gasteiger partial charge in [-0.1, -0.05) is 43.8 Å². The summed E-state index contributed by atoms with van der Waals surface area (Å²) in [5.41, 5.74) is 1.12. The molecule has 82 valence electrons. The second-order valence-electron chi connectivity index (χ2n) is 3.58. The minimum atomic E-state index is -0.340. The third-order valence-electron chi connectivity index (χ3n) is 2.22. The standard InChI is InChI=1S/C13H18O2/c1-3-13(14)9-11(2)15-10-12-7-5-4-6-8-12/h4-8,13-14H,2-3,9-10H2,1H3. The molecule has 0 aliphatic heterocycles. The van der Waals surface area contributed by atoms with E-state index in [1.54, 1.807) is 0 Å². The first kappa shape index (κ1) is 11.8. The van der Waals surface area contributed by atoms with Crippen LogP contribution in [0.3, 0.4) is 0 Å². The molecule has 0 aliphatic carbocycles. The number of hydrogen-bond donors (Lipinski definition) is 1. The monoisotopic (exact) mass is 206 g/mol. The van der Waals surface area contributed by atoms with Crippen LogP contribution in [0.25, 0.3) is 0 Å². The highest BCUT2D eigenvalue weighted by Gasteiger charge is 2.04. The first-order valence-electron chi connectivity index (χ1n) is 5.25. The largest absolute Gasteiger partial charge is 0.494 e. The van der Waals surface area contributed by atoms with Crippen molar-refractivity contribution in [1.29, 1.82) is 0 Å². The first-order valence-corrected chi connectivity index (χ1v) is 5.25. The topological polar surface area (TPSA) is 29.5 Å². The van der Waals surface area contributed by atoms with E-state index in [1.807, 2.05) is 37.3 Å². The van der Waals surface area contributed by atoms with Gasteiger partial charge in [0.15, 0.2) is 0 Å². The average Bonchev–Trinajstić information content (AvgIpc) is 2.27. The molecule has 0 aliphatic rings. The molecule has 1 atom stereocenters. The van der Waals surface area contributed by atoms with E-state index >= 15 is 0 Å². The summed E-state index contributed by atoms with van der Waals surface area (Å²) in [6.07, 6.45) is 0.908. The van der Waals surface area contributed by atoms with Gasteiger partial charge in [-0.2, -0.15) is 0 Å². The molecule has 1 unspecified atom stereocenters. The predicted molar refractivity (Wildman–Crippen MR) is 61.3 cm³/mol. The smallest absolute Gasteiger partial charge is 0.113 e. The minimum Gasteiger partial charge on any atom is -0.494 e. The molecule has 0 heterocycles. The SMILES string of the molecule is C=C(CC(O)CC)OCc1ccccc1. The lowest BCUT2D eigenvalue weighted by atomic mass is 10.2. The Kier molecular flexibility index (Phi) is 4.91. The summed E-state index contributed by atoms with van der Waals surface area (Å²) in [5, 5.41) is 9.38. The molecule has 0 bridgehead atoms. The van der Waals surface area contributed by atoms with Gasteiger partial charge in [0.25, 0.3) is 0 Å². The Hall–Kier alpha value is -1.28. The summed E-state index contributed by atoms with van der Waals surface area (Å²) < 4.78 is 5.45. The van der Waals surface area contributed by atoms with Gasteiger partial charge >= 0.3 is 0 Å². The van der Waals surface area contributed by atoms with E-state index in [2.05, 4.69) is 6.58 Å². The predicted octanol–water partition coefficient (Wildman–Crippen LogP) is 2.88. The maximum atomic E-state index is 9.38. The summed E-state index contributed by atoms with van der Waals surface area (Å²) >= 11 is 0. The van der Waals surface area contributed by atoms with Gasteiger partial charge in [0.1, 0.15) is 6.61 Å². The average molecular weight is 206 g/mol. The number of aliphatic hydroxyl groups excluding tert-OH is 1. The number of hydrogen-bond acceptors (Lipinski definition) is 2. The van der Waals surface area contributed by atoms with Gasteiger partial charge in [0.2, 0.25) is 0 Å². The molecule has 0 aromatic heterocycles. The van der Waals surface area contributed by atoms with Gasteiger partial charge in [-0.15, -0.1) is 0 Å². The molecule has 0 fully saturated rings. The molecule has 1 N–H and O–H groups in total. The lowest BCUT2D eigenvalue weighted by molar-refractivity contribution is 0.123. The fraction of sp³-hybridized carbons (Fsp3) is 0.385. The van der Waals surface area contributed by atoms with E-state index < -0.39 is 0 Å². The van der Waals surface area contributed by atoms with Gasteiger partial charge < -0.3 is 9.84 Å². The van der Waals surface area contributed by atoms with Crippen molar-refractivity contribution in [2.75, 3.05) is 0 Å². The zero-order valence-electron chi connectivity index (χ0n) is 9.15. The van der Waals surface area contributed by atoms with Crippen molar-refractivity contribution >= 4 is 0 Å². The summed E-state index contributed by atoms with van der Waals surface area (Å²) in [7, 11) is 0. The van der Waals surface area contributed by atoms with Crippen molar-refractivity contribution in [3.8, 4) is 0 Å². The third kappa shape index (κ3) is 4.66. The molecule has 0 radical (unpaired) electrons. The Balaban J connectivity index is 2.29. The number of ether oxygens (including phenoxy) is 1. The van der Waals surface area contributed by atoms with Crippen molar-refractivity contribution in [3.05, 3.63) is 48.2 Å². The Morgan fingerprint density at radius 2 is 2.07 bits per heavy atom. The van der Waals surface area contributed by atoms with Crippen LogP contribution in [0.5, 0.6) is 0 Å². The highest BCUT2D eigenvalue weighted by Crippen LogP contribution is 2.10. The molecular formula is C13H18O2. The van der Waals surface area contributed by atoms with E-state index in [-0.39, 0.29) is 6.10 Å². The Morgan fingerprint density at radius 3 is 2.67 bits per heavy atom. The summed E-state index contributed by atoms with van der Waals surface area (Å²) in [4.78, 5) is 0. The van der Waals surface area contributed by atoms with Crippen LogP contribution in [0, 0.1) is 0 Å². The van der Waals surface area contributed by atoms with Crippen molar-refractivity contribution in [2.45, 2.75) is 32.5 Å². The molecule has 0 saturated heterocycles.